The van der Waals surface area contributed by atoms with Crippen molar-refractivity contribution >= 4 is 5.69 Å². The molecule has 1 atom stereocenters. The molecule has 0 radical (unpaired) electrons. The molecule has 5 nitrogen and oxygen atoms in total. The molecule has 1 saturated carbocycles. The van der Waals surface area contributed by atoms with Crippen molar-refractivity contribution in [1.29, 1.82) is 0 Å². The van der Waals surface area contributed by atoms with Crippen molar-refractivity contribution in [2.24, 2.45) is 5.92 Å². The summed E-state index contributed by atoms with van der Waals surface area (Å²) >= 11 is 0. The SMILES string of the molecule is COC(c1noc(-c2cccc(C)c2N)n1)C1CC1. The Labute approximate surface area is 111 Å². The first-order valence-electron chi connectivity index (χ1n) is 6.42. The molecule has 0 aliphatic heterocycles. The highest BCUT2D eigenvalue weighted by atomic mass is 16.5. The molecule has 1 aromatic carbocycles. The Morgan fingerprint density at radius 2 is 2.21 bits per heavy atom. The summed E-state index contributed by atoms with van der Waals surface area (Å²) in [6.45, 7) is 1.96. The van der Waals surface area contributed by atoms with Gasteiger partial charge in [0.25, 0.3) is 5.89 Å². The van der Waals surface area contributed by atoms with Crippen LogP contribution in [0.15, 0.2) is 22.7 Å². The molecule has 5 heteroatoms. The van der Waals surface area contributed by atoms with Crippen LogP contribution in [0.4, 0.5) is 5.69 Å². The number of nitrogens with zero attached hydrogens (tertiary/aromatic N) is 2. The van der Waals surface area contributed by atoms with Crippen molar-refractivity contribution < 1.29 is 9.26 Å². The third-order valence-corrected chi connectivity index (χ3v) is 3.55. The van der Waals surface area contributed by atoms with Crippen LogP contribution in [0.1, 0.15) is 30.3 Å². The van der Waals surface area contributed by atoms with Crippen LogP contribution in [0.25, 0.3) is 11.5 Å². The average Bonchev–Trinajstić information content (AvgIpc) is 3.12. The number of rotatable bonds is 4. The normalized spacial score (nSPS) is 16.5. The van der Waals surface area contributed by atoms with Crippen molar-refractivity contribution in [1.82, 2.24) is 10.1 Å². The molecule has 2 aromatic rings. The Hall–Kier alpha value is -1.88. The smallest absolute Gasteiger partial charge is 0.260 e. The number of ether oxygens (including phenoxy) is 1. The van der Waals surface area contributed by atoms with Crippen LogP contribution >= 0.6 is 0 Å². The van der Waals surface area contributed by atoms with Gasteiger partial charge in [0.1, 0.15) is 6.10 Å². The number of hydrogen-bond donors (Lipinski definition) is 1. The summed E-state index contributed by atoms with van der Waals surface area (Å²) in [6, 6.07) is 5.77. The van der Waals surface area contributed by atoms with E-state index in [2.05, 4.69) is 10.1 Å². The highest BCUT2D eigenvalue weighted by Crippen LogP contribution is 2.42. The molecule has 0 bridgehead atoms. The molecule has 1 aromatic heterocycles. The number of benzene rings is 1. The average molecular weight is 259 g/mol. The van der Waals surface area contributed by atoms with E-state index in [0.717, 1.165) is 24.0 Å². The highest BCUT2D eigenvalue weighted by Gasteiger charge is 2.35. The van der Waals surface area contributed by atoms with Gasteiger partial charge in [0.05, 0.1) is 5.56 Å². The second kappa shape index (κ2) is 4.66. The number of aromatic nitrogens is 2. The molecule has 1 aliphatic carbocycles. The third kappa shape index (κ3) is 2.21. The largest absolute Gasteiger partial charge is 0.398 e. The molecular formula is C14H17N3O2. The van der Waals surface area contributed by atoms with Gasteiger partial charge in [-0.1, -0.05) is 17.3 Å². The fourth-order valence-corrected chi connectivity index (χ4v) is 2.23. The van der Waals surface area contributed by atoms with E-state index in [1.54, 1.807) is 7.11 Å². The minimum Gasteiger partial charge on any atom is -0.398 e. The van der Waals surface area contributed by atoms with Gasteiger partial charge >= 0.3 is 0 Å². The summed E-state index contributed by atoms with van der Waals surface area (Å²) in [7, 11) is 1.68. The summed E-state index contributed by atoms with van der Waals surface area (Å²) in [6.07, 6.45) is 2.26. The molecule has 0 saturated heterocycles. The Kier molecular flexibility index (Phi) is 2.98. The van der Waals surface area contributed by atoms with E-state index in [9.17, 15) is 0 Å². The minimum absolute atomic E-state index is 0.0662. The zero-order valence-electron chi connectivity index (χ0n) is 11.1. The number of hydrogen-bond acceptors (Lipinski definition) is 5. The van der Waals surface area contributed by atoms with Gasteiger partial charge in [-0.2, -0.15) is 4.98 Å². The van der Waals surface area contributed by atoms with E-state index in [0.29, 0.717) is 23.3 Å². The van der Waals surface area contributed by atoms with Gasteiger partial charge in [-0.3, -0.25) is 0 Å². The fourth-order valence-electron chi connectivity index (χ4n) is 2.23. The quantitative estimate of drug-likeness (QED) is 0.854. The fraction of sp³-hybridized carbons (Fsp3) is 0.429. The van der Waals surface area contributed by atoms with Gasteiger partial charge in [0.15, 0.2) is 0 Å². The van der Waals surface area contributed by atoms with E-state index in [4.69, 9.17) is 15.0 Å². The summed E-state index contributed by atoms with van der Waals surface area (Å²) in [5.74, 6) is 1.59. The lowest BCUT2D eigenvalue weighted by Crippen LogP contribution is -2.05. The van der Waals surface area contributed by atoms with Crippen LogP contribution in [-0.2, 0) is 4.74 Å². The number of anilines is 1. The molecule has 1 unspecified atom stereocenters. The van der Waals surface area contributed by atoms with Crippen molar-refractivity contribution in [3.8, 4) is 11.5 Å². The number of nitrogens with two attached hydrogens (primary N) is 1. The first kappa shape index (κ1) is 12.2. The Morgan fingerprint density at radius 1 is 1.42 bits per heavy atom. The molecule has 3 rings (SSSR count). The molecule has 100 valence electrons. The molecule has 0 spiro atoms. The van der Waals surface area contributed by atoms with Crippen molar-refractivity contribution in [2.45, 2.75) is 25.9 Å². The van der Waals surface area contributed by atoms with Gasteiger partial charge in [-0.15, -0.1) is 0 Å². The second-order valence-electron chi connectivity index (χ2n) is 4.99. The Bertz CT molecular complexity index is 590. The molecule has 1 heterocycles. The minimum atomic E-state index is -0.0662. The van der Waals surface area contributed by atoms with E-state index >= 15 is 0 Å². The molecule has 1 aliphatic rings. The lowest BCUT2D eigenvalue weighted by molar-refractivity contribution is 0.0751. The lowest BCUT2D eigenvalue weighted by atomic mass is 10.1. The first-order valence-corrected chi connectivity index (χ1v) is 6.42. The van der Waals surface area contributed by atoms with Crippen molar-refractivity contribution in [3.63, 3.8) is 0 Å². The maximum absolute atomic E-state index is 6.05. The van der Waals surface area contributed by atoms with Crippen molar-refractivity contribution in [3.05, 3.63) is 29.6 Å². The zero-order valence-corrected chi connectivity index (χ0v) is 11.1. The van der Waals surface area contributed by atoms with Gasteiger partial charge in [0, 0.05) is 12.8 Å². The third-order valence-electron chi connectivity index (χ3n) is 3.55. The lowest BCUT2D eigenvalue weighted by Gasteiger charge is -2.08. The second-order valence-corrected chi connectivity index (χ2v) is 4.99. The molecule has 2 N–H and O–H groups in total. The number of para-hydroxylation sites is 1. The van der Waals surface area contributed by atoms with E-state index in [1.807, 2.05) is 25.1 Å². The summed E-state index contributed by atoms with van der Waals surface area (Å²) < 4.78 is 10.8. The van der Waals surface area contributed by atoms with Gasteiger partial charge < -0.3 is 15.0 Å². The van der Waals surface area contributed by atoms with Gasteiger partial charge in [0.2, 0.25) is 5.82 Å². The van der Waals surface area contributed by atoms with Crippen LogP contribution in [-0.4, -0.2) is 17.3 Å². The Morgan fingerprint density at radius 3 is 2.89 bits per heavy atom. The number of aryl methyl sites for hydroxylation is 1. The van der Waals surface area contributed by atoms with Crippen LogP contribution in [0, 0.1) is 12.8 Å². The number of nitrogen functional groups attached to an aromatic ring is 1. The maximum Gasteiger partial charge on any atom is 0.260 e. The predicted molar refractivity (Wildman–Crippen MR) is 71.4 cm³/mol. The van der Waals surface area contributed by atoms with Crippen LogP contribution < -0.4 is 5.73 Å². The molecule has 19 heavy (non-hydrogen) atoms. The summed E-state index contributed by atoms with van der Waals surface area (Å²) in [5.41, 5.74) is 8.51. The summed E-state index contributed by atoms with van der Waals surface area (Å²) in [5, 5.41) is 4.03. The van der Waals surface area contributed by atoms with Crippen LogP contribution in [0.2, 0.25) is 0 Å². The molecular weight excluding hydrogens is 242 g/mol. The molecule has 0 amide bonds. The number of methoxy groups -OCH3 is 1. The van der Waals surface area contributed by atoms with E-state index in [-0.39, 0.29) is 6.10 Å². The topological polar surface area (TPSA) is 74.2 Å². The van der Waals surface area contributed by atoms with E-state index in [1.165, 1.54) is 0 Å². The van der Waals surface area contributed by atoms with Gasteiger partial charge in [-0.25, -0.2) is 0 Å². The van der Waals surface area contributed by atoms with Gasteiger partial charge in [-0.05, 0) is 37.3 Å². The standard InChI is InChI=1S/C14H17N3O2/c1-8-4-3-5-10(11(8)15)14-16-13(17-19-14)12(18-2)9-6-7-9/h3-5,9,12H,6-7,15H2,1-2H3. The summed E-state index contributed by atoms with van der Waals surface area (Å²) in [4.78, 5) is 4.43. The highest BCUT2D eigenvalue weighted by molar-refractivity contribution is 5.73. The van der Waals surface area contributed by atoms with Crippen LogP contribution in [0.3, 0.4) is 0 Å². The molecule has 1 fully saturated rings. The van der Waals surface area contributed by atoms with E-state index < -0.39 is 0 Å². The van der Waals surface area contributed by atoms with Crippen LogP contribution in [0.5, 0.6) is 0 Å². The van der Waals surface area contributed by atoms with Crippen molar-refractivity contribution in [2.75, 3.05) is 12.8 Å². The predicted octanol–water partition coefficient (Wildman–Crippen LogP) is 2.72. The first-order chi connectivity index (χ1) is 9.20. The maximum atomic E-state index is 6.05. The Balaban J connectivity index is 1.94. The monoisotopic (exact) mass is 259 g/mol. The zero-order chi connectivity index (χ0) is 13.4.